The number of nitrogens with zero attached hydrogens (tertiary/aromatic N) is 1. The lowest BCUT2D eigenvalue weighted by molar-refractivity contribution is -0.134. The van der Waals surface area contributed by atoms with E-state index < -0.39 is 34.8 Å². The summed E-state index contributed by atoms with van der Waals surface area (Å²) in [5.74, 6) is -0.00929. The topological polar surface area (TPSA) is 63.4 Å². The minimum Gasteiger partial charge on any atom is -0.329 e. The predicted octanol–water partition coefficient (Wildman–Crippen LogP) is 2.11. The van der Waals surface area contributed by atoms with Crippen molar-refractivity contribution in [3.8, 4) is 0 Å². The highest BCUT2D eigenvalue weighted by Gasteiger charge is 2.35. The van der Waals surface area contributed by atoms with E-state index in [0.29, 0.717) is 18.9 Å². The molecule has 120 valence electrons. The van der Waals surface area contributed by atoms with Gasteiger partial charge in [0.05, 0.1) is 5.75 Å². The Kier molecular flexibility index (Phi) is 6.27. The zero-order valence-corrected chi connectivity index (χ0v) is 12.5. The molecule has 2 atom stereocenters. The molecule has 1 aliphatic heterocycles. The minimum absolute atomic E-state index is 0.217. The summed E-state index contributed by atoms with van der Waals surface area (Å²) in [6, 6.07) is -0.274. The Hall–Kier alpha value is -0.340. The molecule has 8 heteroatoms. The van der Waals surface area contributed by atoms with Crippen LogP contribution in [-0.2, 0) is 10.0 Å². The van der Waals surface area contributed by atoms with E-state index >= 15 is 0 Å². The lowest BCUT2D eigenvalue weighted by Crippen LogP contribution is -2.50. The van der Waals surface area contributed by atoms with Gasteiger partial charge in [0.25, 0.3) is 0 Å². The average molecular weight is 316 g/mol. The van der Waals surface area contributed by atoms with Crippen LogP contribution in [0.3, 0.4) is 0 Å². The zero-order chi connectivity index (χ0) is 15.4. The smallest absolute Gasteiger partial charge is 0.329 e. The molecule has 4 nitrogen and oxygen atoms in total. The fourth-order valence-corrected chi connectivity index (χ4v) is 4.39. The first kappa shape index (κ1) is 17.7. The molecule has 0 saturated carbocycles. The maximum Gasteiger partial charge on any atom is 0.389 e. The Labute approximate surface area is 118 Å². The second-order valence-corrected chi connectivity index (χ2v) is 7.37. The van der Waals surface area contributed by atoms with Gasteiger partial charge >= 0.3 is 6.18 Å². The third-order valence-corrected chi connectivity index (χ3v) is 5.84. The van der Waals surface area contributed by atoms with Crippen LogP contribution in [0.25, 0.3) is 0 Å². The molecule has 0 spiro atoms. The van der Waals surface area contributed by atoms with Crippen molar-refractivity contribution in [1.29, 1.82) is 0 Å². The molecule has 1 saturated heterocycles. The van der Waals surface area contributed by atoms with Gasteiger partial charge in [-0.3, -0.25) is 0 Å². The van der Waals surface area contributed by atoms with Crippen LogP contribution >= 0.6 is 0 Å². The molecule has 0 aromatic heterocycles. The molecule has 1 fully saturated rings. The molecule has 20 heavy (non-hydrogen) atoms. The second kappa shape index (κ2) is 7.09. The van der Waals surface area contributed by atoms with Crippen LogP contribution in [0.1, 0.15) is 39.0 Å². The Morgan fingerprint density at radius 2 is 2.00 bits per heavy atom. The SMILES string of the molecule is CCC1CCN(S(=O)(=O)CCCC(F)(F)F)C(CN)C1. The van der Waals surface area contributed by atoms with Crippen LogP contribution in [0.4, 0.5) is 13.2 Å². The van der Waals surface area contributed by atoms with Gasteiger partial charge in [-0.1, -0.05) is 13.3 Å². The van der Waals surface area contributed by atoms with E-state index in [1.807, 2.05) is 6.92 Å². The lowest BCUT2D eigenvalue weighted by atomic mass is 9.90. The van der Waals surface area contributed by atoms with Crippen LogP contribution in [0.2, 0.25) is 0 Å². The van der Waals surface area contributed by atoms with Crippen LogP contribution in [0.15, 0.2) is 0 Å². The van der Waals surface area contributed by atoms with Gasteiger partial charge in [0.2, 0.25) is 10.0 Å². The summed E-state index contributed by atoms with van der Waals surface area (Å²) in [4.78, 5) is 0. The van der Waals surface area contributed by atoms with Crippen molar-refractivity contribution in [3.63, 3.8) is 0 Å². The van der Waals surface area contributed by atoms with E-state index in [0.717, 1.165) is 12.8 Å². The van der Waals surface area contributed by atoms with E-state index in [-0.39, 0.29) is 12.6 Å². The Morgan fingerprint density at radius 3 is 2.50 bits per heavy atom. The Bertz CT molecular complexity index is 398. The standard InChI is InChI=1S/C12H23F3N2O2S/c1-2-10-4-6-17(11(8-10)9-16)20(18,19)7-3-5-12(13,14)15/h10-11H,2-9,16H2,1H3. The highest BCUT2D eigenvalue weighted by Crippen LogP contribution is 2.28. The van der Waals surface area contributed by atoms with Crippen molar-refractivity contribution in [2.75, 3.05) is 18.8 Å². The minimum atomic E-state index is -4.31. The highest BCUT2D eigenvalue weighted by molar-refractivity contribution is 7.89. The van der Waals surface area contributed by atoms with E-state index in [1.54, 1.807) is 0 Å². The summed E-state index contributed by atoms with van der Waals surface area (Å²) < 4.78 is 61.8. The third kappa shape index (κ3) is 5.21. The fourth-order valence-electron chi connectivity index (χ4n) is 2.64. The predicted molar refractivity (Wildman–Crippen MR) is 71.6 cm³/mol. The Balaban J connectivity index is 2.62. The lowest BCUT2D eigenvalue weighted by Gasteiger charge is -2.37. The molecule has 1 heterocycles. The second-order valence-electron chi connectivity index (χ2n) is 5.33. The van der Waals surface area contributed by atoms with Crippen molar-refractivity contribution < 1.29 is 21.6 Å². The average Bonchev–Trinajstić information content (AvgIpc) is 2.36. The van der Waals surface area contributed by atoms with Gasteiger partial charge in [-0.2, -0.15) is 17.5 Å². The van der Waals surface area contributed by atoms with Gasteiger partial charge < -0.3 is 5.73 Å². The van der Waals surface area contributed by atoms with Crippen molar-refractivity contribution in [2.45, 2.75) is 51.2 Å². The van der Waals surface area contributed by atoms with Crippen molar-refractivity contribution in [1.82, 2.24) is 4.31 Å². The summed E-state index contributed by atoms with van der Waals surface area (Å²) in [5, 5.41) is 0. The molecule has 2 unspecified atom stereocenters. The van der Waals surface area contributed by atoms with Gasteiger partial charge in [-0.15, -0.1) is 0 Å². The van der Waals surface area contributed by atoms with Gasteiger partial charge in [0, 0.05) is 25.6 Å². The Morgan fingerprint density at radius 1 is 1.35 bits per heavy atom. The van der Waals surface area contributed by atoms with Gasteiger partial charge in [0.15, 0.2) is 0 Å². The van der Waals surface area contributed by atoms with Crippen molar-refractivity contribution >= 4 is 10.0 Å². The quantitative estimate of drug-likeness (QED) is 0.816. The number of hydrogen-bond donors (Lipinski definition) is 1. The first-order valence-electron chi connectivity index (χ1n) is 6.96. The fraction of sp³-hybridized carbons (Fsp3) is 1.00. The molecular formula is C12H23F3N2O2S. The van der Waals surface area contributed by atoms with Crippen molar-refractivity contribution in [3.05, 3.63) is 0 Å². The number of rotatable bonds is 6. The molecule has 0 aromatic carbocycles. The number of halogens is 3. The first-order valence-corrected chi connectivity index (χ1v) is 8.57. The normalized spacial score (nSPS) is 25.9. The molecule has 1 rings (SSSR count). The summed E-state index contributed by atoms with van der Waals surface area (Å²) >= 11 is 0. The first-order chi connectivity index (χ1) is 9.19. The van der Waals surface area contributed by atoms with E-state index in [1.165, 1.54) is 4.31 Å². The maximum absolute atomic E-state index is 12.1. The molecule has 0 aromatic rings. The van der Waals surface area contributed by atoms with Crippen LogP contribution in [-0.4, -0.2) is 43.8 Å². The van der Waals surface area contributed by atoms with E-state index in [2.05, 4.69) is 0 Å². The molecule has 1 aliphatic rings. The van der Waals surface area contributed by atoms with Gasteiger partial charge in [0.1, 0.15) is 0 Å². The summed E-state index contributed by atoms with van der Waals surface area (Å²) in [5.41, 5.74) is 5.62. The number of hydrogen-bond acceptors (Lipinski definition) is 3. The molecule has 0 aliphatic carbocycles. The van der Waals surface area contributed by atoms with Crippen molar-refractivity contribution in [2.24, 2.45) is 11.7 Å². The number of piperidine rings is 1. The highest BCUT2D eigenvalue weighted by atomic mass is 32.2. The molecule has 0 bridgehead atoms. The number of sulfonamides is 1. The van der Waals surface area contributed by atoms with Gasteiger partial charge in [-0.05, 0) is 25.2 Å². The van der Waals surface area contributed by atoms with Crippen LogP contribution in [0.5, 0.6) is 0 Å². The largest absolute Gasteiger partial charge is 0.389 e. The maximum atomic E-state index is 12.1. The van der Waals surface area contributed by atoms with E-state index in [4.69, 9.17) is 5.73 Å². The van der Waals surface area contributed by atoms with Crippen LogP contribution in [0, 0.1) is 5.92 Å². The number of nitrogens with two attached hydrogens (primary N) is 1. The van der Waals surface area contributed by atoms with Crippen LogP contribution < -0.4 is 5.73 Å². The van der Waals surface area contributed by atoms with E-state index in [9.17, 15) is 21.6 Å². The summed E-state index contributed by atoms with van der Waals surface area (Å²) in [6.07, 6.45) is -3.34. The molecular weight excluding hydrogens is 293 g/mol. The monoisotopic (exact) mass is 316 g/mol. The molecule has 0 radical (unpaired) electrons. The summed E-state index contributed by atoms with van der Waals surface area (Å²) in [6.45, 7) is 2.63. The molecule has 2 N–H and O–H groups in total. The van der Waals surface area contributed by atoms with Gasteiger partial charge in [-0.25, -0.2) is 8.42 Å². The zero-order valence-electron chi connectivity index (χ0n) is 11.7. The number of alkyl halides is 3. The summed E-state index contributed by atoms with van der Waals surface area (Å²) in [7, 11) is -3.65. The molecule has 0 amide bonds. The third-order valence-electron chi connectivity index (χ3n) is 3.84.